The molecule has 0 amide bonds. The van der Waals surface area contributed by atoms with Gasteiger partial charge in [0.15, 0.2) is 11.4 Å². The minimum absolute atomic E-state index is 0.0227. The van der Waals surface area contributed by atoms with Crippen molar-refractivity contribution in [1.82, 2.24) is 4.90 Å². The predicted octanol–water partition coefficient (Wildman–Crippen LogP) is 4.07. The molecule has 2 aliphatic rings. The van der Waals surface area contributed by atoms with Gasteiger partial charge in [0.05, 0.1) is 20.3 Å². The van der Waals surface area contributed by atoms with Gasteiger partial charge < -0.3 is 19.3 Å². The highest BCUT2D eigenvalue weighted by molar-refractivity contribution is 5.26. The van der Waals surface area contributed by atoms with E-state index in [0.717, 1.165) is 13.1 Å². The van der Waals surface area contributed by atoms with Crippen molar-refractivity contribution < 1.29 is 19.3 Å². The third kappa shape index (κ3) is 4.03. The van der Waals surface area contributed by atoms with Crippen molar-refractivity contribution in [3.63, 3.8) is 0 Å². The van der Waals surface area contributed by atoms with Gasteiger partial charge in [-0.1, -0.05) is 73.0 Å². The van der Waals surface area contributed by atoms with Crippen molar-refractivity contribution in [2.75, 3.05) is 20.3 Å². The first kappa shape index (κ1) is 22.8. The van der Waals surface area contributed by atoms with Crippen molar-refractivity contribution in [3.8, 4) is 0 Å². The first-order valence-electron chi connectivity index (χ1n) is 11.3. The van der Waals surface area contributed by atoms with Crippen molar-refractivity contribution in [2.45, 2.75) is 56.2 Å². The maximum Gasteiger partial charge on any atom is 0.172 e. The average Bonchev–Trinajstić information content (AvgIpc) is 3.40. The summed E-state index contributed by atoms with van der Waals surface area (Å²) in [7, 11) is 1.54. The van der Waals surface area contributed by atoms with Crippen molar-refractivity contribution >= 4 is 0 Å². The van der Waals surface area contributed by atoms with Crippen LogP contribution in [0.15, 0.2) is 78.7 Å². The van der Waals surface area contributed by atoms with E-state index in [0.29, 0.717) is 31.8 Å². The Morgan fingerprint density at radius 1 is 1.09 bits per heavy atom. The quantitative estimate of drug-likeness (QED) is 0.500. The van der Waals surface area contributed by atoms with Crippen LogP contribution in [0.4, 0.5) is 0 Å². The van der Waals surface area contributed by atoms with Crippen molar-refractivity contribution in [2.24, 2.45) is 0 Å². The third-order valence-electron chi connectivity index (χ3n) is 6.97. The summed E-state index contributed by atoms with van der Waals surface area (Å²) in [5, 5.41) is 11.8. The monoisotopic (exact) mass is 435 g/mol. The van der Waals surface area contributed by atoms with Crippen LogP contribution in [0.5, 0.6) is 0 Å². The van der Waals surface area contributed by atoms with E-state index in [1.807, 2.05) is 12.1 Å². The van der Waals surface area contributed by atoms with Gasteiger partial charge in [-0.25, -0.2) is 0 Å². The number of ether oxygens (including phenoxy) is 3. The number of hydrogen-bond acceptors (Lipinski definition) is 5. The van der Waals surface area contributed by atoms with Crippen molar-refractivity contribution in [3.05, 3.63) is 89.9 Å². The van der Waals surface area contributed by atoms with Gasteiger partial charge in [0.25, 0.3) is 0 Å². The summed E-state index contributed by atoms with van der Waals surface area (Å²) in [6.45, 7) is 8.39. The molecule has 4 atom stereocenters. The largest absolute Gasteiger partial charge is 0.490 e. The molecule has 0 aliphatic carbocycles. The lowest BCUT2D eigenvalue weighted by Gasteiger charge is -2.45. The molecule has 5 heteroatoms. The SMILES string of the molecule is C=C=C(OC)[C@]1(O)CCO[C@]12CCO[C@H]2[C@H](C)N(Cc1ccccc1)Cc1ccccc1. The van der Waals surface area contributed by atoms with E-state index < -0.39 is 11.2 Å². The van der Waals surface area contributed by atoms with Crippen LogP contribution < -0.4 is 0 Å². The molecule has 0 bridgehead atoms. The Kier molecular flexibility index (Phi) is 6.85. The molecule has 0 radical (unpaired) electrons. The number of hydrogen-bond donors (Lipinski definition) is 1. The second-order valence-corrected chi connectivity index (χ2v) is 8.72. The zero-order valence-electron chi connectivity index (χ0n) is 19.0. The van der Waals surface area contributed by atoms with Crippen LogP contribution in [0.25, 0.3) is 0 Å². The molecule has 4 rings (SSSR count). The normalized spacial score (nSPS) is 28.1. The van der Waals surface area contributed by atoms with Gasteiger partial charge in [0.1, 0.15) is 11.7 Å². The zero-order valence-corrected chi connectivity index (χ0v) is 19.0. The summed E-state index contributed by atoms with van der Waals surface area (Å²) >= 11 is 0. The van der Waals surface area contributed by atoms with Crippen LogP contribution in [0.1, 0.15) is 30.9 Å². The molecule has 1 N–H and O–H groups in total. The maximum atomic E-state index is 11.8. The molecule has 1 spiro atoms. The first-order chi connectivity index (χ1) is 15.5. The summed E-state index contributed by atoms with van der Waals surface area (Å²) in [5.74, 6) is 0.329. The topological polar surface area (TPSA) is 51.2 Å². The van der Waals surface area contributed by atoms with Gasteiger partial charge in [0, 0.05) is 32.0 Å². The number of benzene rings is 2. The molecule has 2 aromatic carbocycles. The maximum absolute atomic E-state index is 11.8. The molecule has 0 saturated carbocycles. The number of methoxy groups -OCH3 is 1. The molecule has 2 saturated heterocycles. The molecule has 2 aromatic rings. The average molecular weight is 436 g/mol. The van der Waals surface area contributed by atoms with Crippen LogP contribution in [-0.4, -0.2) is 53.7 Å². The minimum Gasteiger partial charge on any atom is -0.490 e. The molecule has 2 fully saturated rings. The van der Waals surface area contributed by atoms with E-state index in [2.05, 4.69) is 72.7 Å². The number of rotatable bonds is 8. The first-order valence-corrected chi connectivity index (χ1v) is 11.3. The smallest absolute Gasteiger partial charge is 0.172 e. The Labute approximate surface area is 190 Å². The molecule has 5 nitrogen and oxygen atoms in total. The minimum atomic E-state index is -1.32. The lowest BCUT2D eigenvalue weighted by Crippen LogP contribution is -2.62. The molecular weight excluding hydrogens is 402 g/mol. The van der Waals surface area contributed by atoms with E-state index in [-0.39, 0.29) is 12.1 Å². The van der Waals surface area contributed by atoms with Gasteiger partial charge in [0.2, 0.25) is 0 Å². The molecule has 2 aliphatic heterocycles. The van der Waals surface area contributed by atoms with Crippen LogP contribution in [0, 0.1) is 0 Å². The van der Waals surface area contributed by atoms with E-state index in [9.17, 15) is 5.11 Å². The highest BCUT2D eigenvalue weighted by Gasteiger charge is 2.66. The van der Waals surface area contributed by atoms with E-state index >= 15 is 0 Å². The van der Waals surface area contributed by atoms with Crippen LogP contribution in [0.2, 0.25) is 0 Å². The lowest BCUT2D eigenvalue weighted by molar-refractivity contribution is -0.166. The van der Waals surface area contributed by atoms with Crippen molar-refractivity contribution in [1.29, 1.82) is 0 Å². The predicted molar refractivity (Wildman–Crippen MR) is 124 cm³/mol. The standard InChI is InChI=1S/C27H33NO4/c1-4-24(30-3)26(29)15-18-32-27(26)16-17-31-25(27)21(2)28(19-22-11-7-5-8-12-22)20-23-13-9-6-10-14-23/h5-14,21,25,29H,1,15-20H2,2-3H3/t21-,25-,26+,27-/m0/s1. The van der Waals surface area contributed by atoms with Crippen LogP contribution >= 0.6 is 0 Å². The summed E-state index contributed by atoms with van der Waals surface area (Å²) in [4.78, 5) is 2.40. The van der Waals surface area contributed by atoms with Crippen LogP contribution in [0.3, 0.4) is 0 Å². The highest BCUT2D eigenvalue weighted by Crippen LogP contribution is 2.50. The fourth-order valence-corrected chi connectivity index (χ4v) is 5.32. The second-order valence-electron chi connectivity index (χ2n) is 8.72. The number of aliphatic hydroxyl groups is 1. The van der Waals surface area contributed by atoms with Gasteiger partial charge in [-0.15, -0.1) is 0 Å². The molecule has 32 heavy (non-hydrogen) atoms. The van der Waals surface area contributed by atoms with Gasteiger partial charge in [-0.3, -0.25) is 4.90 Å². The van der Waals surface area contributed by atoms with E-state index in [4.69, 9.17) is 14.2 Å². The Morgan fingerprint density at radius 3 is 2.22 bits per heavy atom. The van der Waals surface area contributed by atoms with Gasteiger partial charge in [-0.2, -0.15) is 0 Å². The summed E-state index contributed by atoms with van der Waals surface area (Å²) in [5.41, 5.74) is 3.05. The van der Waals surface area contributed by atoms with Gasteiger partial charge in [-0.05, 0) is 18.1 Å². The second kappa shape index (κ2) is 9.62. The van der Waals surface area contributed by atoms with Gasteiger partial charge >= 0.3 is 0 Å². The zero-order chi connectivity index (χ0) is 22.6. The summed E-state index contributed by atoms with van der Waals surface area (Å²) < 4.78 is 18.1. The molecule has 0 aromatic heterocycles. The Bertz CT molecular complexity index is 897. The number of nitrogens with zero attached hydrogens (tertiary/aromatic N) is 1. The Hall–Kier alpha value is -2.40. The Morgan fingerprint density at radius 2 is 1.69 bits per heavy atom. The molecule has 0 unspecified atom stereocenters. The fourth-order valence-electron chi connectivity index (χ4n) is 5.32. The van der Waals surface area contributed by atoms with Crippen LogP contribution in [-0.2, 0) is 27.3 Å². The molecule has 2 heterocycles. The lowest BCUT2D eigenvalue weighted by atomic mass is 9.74. The third-order valence-corrected chi connectivity index (χ3v) is 6.97. The summed E-state index contributed by atoms with van der Waals surface area (Å²) in [6.07, 6.45) is 0.696. The summed E-state index contributed by atoms with van der Waals surface area (Å²) in [6, 6.07) is 20.9. The van der Waals surface area contributed by atoms with E-state index in [1.54, 1.807) is 7.11 Å². The Balaban J connectivity index is 1.67. The fraction of sp³-hybridized carbons (Fsp3) is 0.444. The van der Waals surface area contributed by atoms with E-state index in [1.165, 1.54) is 11.1 Å². The molecular formula is C27H33NO4. The highest BCUT2D eigenvalue weighted by atomic mass is 16.6. The molecule has 170 valence electrons.